The molecule has 0 saturated carbocycles. The van der Waals surface area contributed by atoms with Crippen LogP contribution in [0.15, 0.2) is 12.4 Å². The maximum absolute atomic E-state index is 12.0. The Kier molecular flexibility index (Phi) is 3.71. The van der Waals surface area contributed by atoms with E-state index in [2.05, 4.69) is 14.9 Å². The van der Waals surface area contributed by atoms with E-state index in [1.807, 2.05) is 6.20 Å². The van der Waals surface area contributed by atoms with E-state index in [0.29, 0.717) is 19.4 Å². The highest BCUT2D eigenvalue weighted by molar-refractivity contribution is 5.80. The van der Waals surface area contributed by atoms with Gasteiger partial charge in [-0.05, 0) is 12.8 Å². The number of imidazole rings is 1. The number of hydrogen-bond donors (Lipinski definition) is 1. The fraction of sp³-hybridized carbons (Fsp3) is 0.643. The van der Waals surface area contributed by atoms with Gasteiger partial charge in [-0.1, -0.05) is 0 Å². The van der Waals surface area contributed by atoms with Crippen LogP contribution in [0.1, 0.15) is 31.5 Å². The van der Waals surface area contributed by atoms with Gasteiger partial charge >= 0.3 is 0 Å². The number of carbonyl (C=O) groups is 2. The van der Waals surface area contributed by atoms with Gasteiger partial charge in [-0.15, -0.1) is 0 Å². The number of rotatable bonds is 4. The first kappa shape index (κ1) is 13.1. The van der Waals surface area contributed by atoms with E-state index in [9.17, 15) is 9.59 Å². The van der Waals surface area contributed by atoms with Crippen LogP contribution in [-0.4, -0.2) is 45.4 Å². The van der Waals surface area contributed by atoms with Crippen LogP contribution in [0.5, 0.6) is 0 Å². The fourth-order valence-electron chi connectivity index (χ4n) is 2.96. The van der Waals surface area contributed by atoms with Crippen LogP contribution in [0.3, 0.4) is 0 Å². The number of nitrogens with one attached hydrogen (secondary N) is 1. The second-order valence-corrected chi connectivity index (χ2v) is 5.53. The third-order valence-corrected chi connectivity index (χ3v) is 4.08. The van der Waals surface area contributed by atoms with Gasteiger partial charge in [0.25, 0.3) is 0 Å². The van der Waals surface area contributed by atoms with Crippen LogP contribution < -0.4 is 5.32 Å². The quantitative estimate of drug-likeness (QED) is 0.861. The Morgan fingerprint density at radius 1 is 1.45 bits per heavy atom. The van der Waals surface area contributed by atoms with Crippen molar-refractivity contribution in [2.75, 3.05) is 13.1 Å². The van der Waals surface area contributed by atoms with Crippen LogP contribution in [0.25, 0.3) is 0 Å². The van der Waals surface area contributed by atoms with Crippen molar-refractivity contribution in [2.45, 2.75) is 44.7 Å². The van der Waals surface area contributed by atoms with Gasteiger partial charge in [-0.3, -0.25) is 9.59 Å². The predicted octanol–water partition coefficient (Wildman–Crippen LogP) is 0.327. The number of aromatic nitrogens is 2. The summed E-state index contributed by atoms with van der Waals surface area (Å²) in [6.45, 7) is 2.14. The largest absolute Gasteiger partial charge is 0.352 e. The number of amides is 2. The Bertz CT molecular complexity index is 511. The standard InChI is InChI=1S/C14H20N4O2/c19-13(5-8-17-7-1-2-14(17)20)16-11-3-4-12-15-6-9-18(12)10-11/h6,9,11H,1-5,7-8,10H2,(H,16,19). The highest BCUT2D eigenvalue weighted by Gasteiger charge is 2.23. The van der Waals surface area contributed by atoms with Crippen LogP contribution in [-0.2, 0) is 22.6 Å². The first-order valence-corrected chi connectivity index (χ1v) is 7.29. The molecule has 1 aromatic rings. The molecular formula is C14H20N4O2. The first-order chi connectivity index (χ1) is 9.72. The monoisotopic (exact) mass is 276 g/mol. The van der Waals surface area contributed by atoms with E-state index in [-0.39, 0.29) is 17.9 Å². The number of hydrogen-bond acceptors (Lipinski definition) is 3. The topological polar surface area (TPSA) is 67.2 Å². The van der Waals surface area contributed by atoms with E-state index >= 15 is 0 Å². The Labute approximate surface area is 118 Å². The number of fused-ring (bicyclic) bond motifs is 1. The molecule has 0 spiro atoms. The minimum absolute atomic E-state index is 0.0401. The van der Waals surface area contributed by atoms with Gasteiger partial charge < -0.3 is 14.8 Å². The molecule has 1 saturated heterocycles. The van der Waals surface area contributed by atoms with E-state index in [1.165, 1.54) is 0 Å². The summed E-state index contributed by atoms with van der Waals surface area (Å²) in [5.41, 5.74) is 0. The molecule has 108 valence electrons. The lowest BCUT2D eigenvalue weighted by atomic mass is 10.1. The third-order valence-electron chi connectivity index (χ3n) is 4.08. The van der Waals surface area contributed by atoms with Gasteiger partial charge in [-0.2, -0.15) is 0 Å². The van der Waals surface area contributed by atoms with Crippen molar-refractivity contribution in [3.8, 4) is 0 Å². The van der Waals surface area contributed by atoms with Crippen LogP contribution >= 0.6 is 0 Å². The van der Waals surface area contributed by atoms with Crippen LogP contribution in [0.4, 0.5) is 0 Å². The Morgan fingerprint density at radius 2 is 2.35 bits per heavy atom. The maximum atomic E-state index is 12.0. The summed E-state index contributed by atoms with van der Waals surface area (Å²) in [7, 11) is 0. The molecule has 3 rings (SSSR count). The normalized spacial score (nSPS) is 21.9. The van der Waals surface area contributed by atoms with Crippen molar-refractivity contribution in [1.29, 1.82) is 0 Å². The molecule has 3 heterocycles. The van der Waals surface area contributed by atoms with E-state index in [4.69, 9.17) is 0 Å². The molecule has 1 fully saturated rings. The minimum Gasteiger partial charge on any atom is -0.352 e. The summed E-state index contributed by atoms with van der Waals surface area (Å²) in [6.07, 6.45) is 7.56. The average Bonchev–Trinajstić information content (AvgIpc) is 3.04. The summed E-state index contributed by atoms with van der Waals surface area (Å²) in [4.78, 5) is 29.5. The lowest BCUT2D eigenvalue weighted by Crippen LogP contribution is -2.42. The third kappa shape index (κ3) is 2.84. The van der Waals surface area contributed by atoms with Crippen molar-refractivity contribution in [3.63, 3.8) is 0 Å². The summed E-state index contributed by atoms with van der Waals surface area (Å²) >= 11 is 0. The Balaban J connectivity index is 1.44. The summed E-state index contributed by atoms with van der Waals surface area (Å²) in [5, 5.41) is 3.06. The molecule has 6 heteroatoms. The lowest BCUT2D eigenvalue weighted by Gasteiger charge is -2.25. The van der Waals surface area contributed by atoms with Crippen molar-refractivity contribution in [2.24, 2.45) is 0 Å². The summed E-state index contributed by atoms with van der Waals surface area (Å²) in [6, 6.07) is 0.179. The molecule has 2 amide bonds. The highest BCUT2D eigenvalue weighted by atomic mass is 16.2. The molecule has 0 aliphatic carbocycles. The fourth-order valence-corrected chi connectivity index (χ4v) is 2.96. The van der Waals surface area contributed by atoms with Crippen molar-refractivity contribution in [3.05, 3.63) is 18.2 Å². The second-order valence-electron chi connectivity index (χ2n) is 5.53. The number of aryl methyl sites for hydroxylation is 1. The molecule has 1 N–H and O–H groups in total. The van der Waals surface area contributed by atoms with Crippen molar-refractivity contribution < 1.29 is 9.59 Å². The van der Waals surface area contributed by atoms with Gasteiger partial charge in [0.1, 0.15) is 5.82 Å². The molecule has 6 nitrogen and oxygen atoms in total. The molecule has 2 aliphatic rings. The molecule has 1 aromatic heterocycles. The van der Waals surface area contributed by atoms with Gasteiger partial charge in [0.05, 0.1) is 0 Å². The Hall–Kier alpha value is -1.85. The highest BCUT2D eigenvalue weighted by Crippen LogP contribution is 2.13. The molecule has 0 bridgehead atoms. The molecule has 20 heavy (non-hydrogen) atoms. The van der Waals surface area contributed by atoms with E-state index in [0.717, 1.165) is 38.2 Å². The van der Waals surface area contributed by atoms with E-state index in [1.54, 1.807) is 11.1 Å². The lowest BCUT2D eigenvalue weighted by molar-refractivity contribution is -0.128. The molecule has 0 radical (unpaired) electrons. The number of carbonyl (C=O) groups excluding carboxylic acids is 2. The molecule has 1 unspecified atom stereocenters. The number of nitrogens with zero attached hydrogens (tertiary/aromatic N) is 3. The smallest absolute Gasteiger partial charge is 0.222 e. The number of likely N-dealkylation sites (tertiary alicyclic amines) is 1. The maximum Gasteiger partial charge on any atom is 0.222 e. The predicted molar refractivity (Wildman–Crippen MR) is 72.9 cm³/mol. The Morgan fingerprint density at radius 3 is 3.15 bits per heavy atom. The average molecular weight is 276 g/mol. The van der Waals surface area contributed by atoms with Gasteiger partial charge in [-0.25, -0.2) is 4.98 Å². The van der Waals surface area contributed by atoms with Crippen LogP contribution in [0, 0.1) is 0 Å². The minimum atomic E-state index is 0.0401. The zero-order valence-corrected chi connectivity index (χ0v) is 11.5. The molecule has 1 atom stereocenters. The molecule has 0 aromatic carbocycles. The second kappa shape index (κ2) is 5.64. The van der Waals surface area contributed by atoms with Crippen molar-refractivity contribution >= 4 is 11.8 Å². The van der Waals surface area contributed by atoms with Crippen LogP contribution in [0.2, 0.25) is 0 Å². The summed E-state index contributed by atoms with van der Waals surface area (Å²) < 4.78 is 2.10. The zero-order chi connectivity index (χ0) is 13.9. The van der Waals surface area contributed by atoms with Gasteiger partial charge in [0.2, 0.25) is 11.8 Å². The van der Waals surface area contributed by atoms with Gasteiger partial charge in [0, 0.05) is 57.3 Å². The summed E-state index contributed by atoms with van der Waals surface area (Å²) in [5.74, 6) is 1.31. The SMILES string of the molecule is O=C(CCN1CCCC1=O)NC1CCc2nccn2C1. The van der Waals surface area contributed by atoms with E-state index < -0.39 is 0 Å². The van der Waals surface area contributed by atoms with Crippen molar-refractivity contribution in [1.82, 2.24) is 19.8 Å². The first-order valence-electron chi connectivity index (χ1n) is 7.29. The molecule has 2 aliphatic heterocycles. The van der Waals surface area contributed by atoms with Gasteiger partial charge in [0.15, 0.2) is 0 Å². The molecular weight excluding hydrogens is 256 g/mol. The zero-order valence-electron chi connectivity index (χ0n) is 11.5.